The topological polar surface area (TPSA) is 61.8 Å². The van der Waals surface area contributed by atoms with Crippen LogP contribution in [0, 0.1) is 29.2 Å². The highest BCUT2D eigenvalue weighted by Gasteiger charge is 2.19. The SMILES string of the molecule is [C-]#[N+]c1cccc2c1c1ccccc1n2-c1cccc(-c2ccc(-c3c(C#N)cccc3-n3c4ccccc4c4cc(C#N)ccc43)cc2)c1. The van der Waals surface area contributed by atoms with Gasteiger partial charge in [-0.2, -0.15) is 10.5 Å². The molecule has 9 rings (SSSR count). The predicted molar refractivity (Wildman–Crippen MR) is 202 cm³/mol. The summed E-state index contributed by atoms with van der Waals surface area (Å²) in [7, 11) is 0. The molecule has 2 heterocycles. The van der Waals surface area contributed by atoms with Crippen LogP contribution in [-0.4, -0.2) is 9.13 Å². The minimum Gasteiger partial charge on any atom is -0.311 e. The second-order valence-corrected chi connectivity index (χ2v) is 12.3. The molecular formula is C45H25N5. The van der Waals surface area contributed by atoms with E-state index in [4.69, 9.17) is 6.57 Å². The second kappa shape index (κ2) is 11.4. The van der Waals surface area contributed by atoms with Crippen LogP contribution in [0.25, 0.3) is 82.1 Å². The molecule has 0 radical (unpaired) electrons. The van der Waals surface area contributed by atoms with Gasteiger partial charge >= 0.3 is 0 Å². The van der Waals surface area contributed by atoms with Crippen LogP contribution in [0.4, 0.5) is 5.69 Å². The molecule has 0 unspecified atom stereocenters. The molecule has 0 aliphatic heterocycles. The molecule has 5 heteroatoms. The van der Waals surface area contributed by atoms with Gasteiger partial charge in [-0.05, 0) is 82.7 Å². The average Bonchev–Trinajstić information content (AvgIpc) is 3.70. The normalized spacial score (nSPS) is 11.1. The standard InChI is InChI=1S/C45H25N5/c1-48-38-14-8-18-43-45(38)36-13-3-5-16-40(36)49(43)34-11-6-9-32(26-34)30-20-22-31(23-21-30)44-33(28-47)10-7-17-42(44)50-39-15-4-2-12-35(39)37-25-29(27-46)19-24-41(37)50/h2-26H. The average molecular weight is 636 g/mol. The van der Waals surface area contributed by atoms with Gasteiger partial charge in [0, 0.05) is 32.9 Å². The van der Waals surface area contributed by atoms with Gasteiger partial charge in [-0.15, -0.1) is 0 Å². The van der Waals surface area contributed by atoms with Crippen LogP contribution >= 0.6 is 0 Å². The van der Waals surface area contributed by atoms with Gasteiger partial charge in [-0.3, -0.25) is 0 Å². The Morgan fingerprint density at radius 2 is 1.18 bits per heavy atom. The van der Waals surface area contributed by atoms with E-state index in [1.165, 1.54) is 0 Å². The predicted octanol–water partition coefficient (Wildman–Crippen LogP) is 11.5. The van der Waals surface area contributed by atoms with E-state index in [1.54, 1.807) is 0 Å². The quantitative estimate of drug-likeness (QED) is 0.181. The fourth-order valence-electron chi connectivity index (χ4n) is 7.45. The molecule has 0 spiro atoms. The number of nitriles is 2. The maximum absolute atomic E-state index is 10.3. The summed E-state index contributed by atoms with van der Waals surface area (Å²) >= 11 is 0. The zero-order valence-corrected chi connectivity index (χ0v) is 26.7. The van der Waals surface area contributed by atoms with Crippen molar-refractivity contribution in [3.05, 3.63) is 174 Å². The van der Waals surface area contributed by atoms with Crippen molar-refractivity contribution in [1.82, 2.24) is 9.13 Å². The lowest BCUT2D eigenvalue weighted by molar-refractivity contribution is 1.18. The summed E-state index contributed by atoms with van der Waals surface area (Å²) < 4.78 is 4.43. The number of hydrogen-bond donors (Lipinski definition) is 0. The monoisotopic (exact) mass is 635 g/mol. The van der Waals surface area contributed by atoms with Crippen LogP contribution in [0.1, 0.15) is 11.1 Å². The molecule has 5 nitrogen and oxygen atoms in total. The van der Waals surface area contributed by atoms with Crippen LogP contribution < -0.4 is 0 Å². The Bertz CT molecular complexity index is 2960. The Kier molecular flexibility index (Phi) is 6.56. The molecule has 0 amide bonds. The van der Waals surface area contributed by atoms with E-state index in [1.807, 2.05) is 66.7 Å². The fourth-order valence-corrected chi connectivity index (χ4v) is 7.45. The van der Waals surface area contributed by atoms with Crippen molar-refractivity contribution in [2.24, 2.45) is 0 Å². The summed E-state index contributed by atoms with van der Waals surface area (Å²) in [6, 6.07) is 55.6. The second-order valence-electron chi connectivity index (χ2n) is 12.3. The molecule has 0 saturated heterocycles. The maximum Gasteiger partial charge on any atom is 0.197 e. The zero-order chi connectivity index (χ0) is 33.8. The number of para-hydroxylation sites is 2. The first kappa shape index (κ1) is 28.8. The third-order valence-corrected chi connectivity index (χ3v) is 9.61. The number of rotatable bonds is 4. The number of aromatic nitrogens is 2. The van der Waals surface area contributed by atoms with Gasteiger partial charge in [0.05, 0.1) is 52.1 Å². The summed E-state index contributed by atoms with van der Waals surface area (Å²) in [5, 5.41) is 24.0. The summed E-state index contributed by atoms with van der Waals surface area (Å²) in [5.41, 5.74) is 11.7. The Morgan fingerprint density at radius 1 is 0.500 bits per heavy atom. The van der Waals surface area contributed by atoms with Crippen molar-refractivity contribution in [3.8, 4) is 45.8 Å². The molecular weight excluding hydrogens is 611 g/mol. The molecule has 0 atom stereocenters. The first-order valence-electron chi connectivity index (χ1n) is 16.3. The van der Waals surface area contributed by atoms with Crippen molar-refractivity contribution in [3.63, 3.8) is 0 Å². The van der Waals surface area contributed by atoms with Gasteiger partial charge in [0.1, 0.15) is 0 Å². The lowest BCUT2D eigenvalue weighted by atomic mass is 9.95. The first-order valence-corrected chi connectivity index (χ1v) is 16.3. The molecule has 0 N–H and O–H groups in total. The number of hydrogen-bond acceptors (Lipinski definition) is 2. The van der Waals surface area contributed by atoms with Crippen molar-refractivity contribution >= 4 is 49.3 Å². The van der Waals surface area contributed by atoms with Gasteiger partial charge in [-0.25, -0.2) is 4.85 Å². The van der Waals surface area contributed by atoms with E-state index in [-0.39, 0.29) is 0 Å². The van der Waals surface area contributed by atoms with Crippen LogP contribution in [0.15, 0.2) is 152 Å². The van der Waals surface area contributed by atoms with E-state index in [0.717, 1.165) is 77.2 Å². The van der Waals surface area contributed by atoms with Gasteiger partial charge in [0.15, 0.2) is 5.69 Å². The summed E-state index contributed by atoms with van der Waals surface area (Å²) in [5.74, 6) is 0. The lowest BCUT2D eigenvalue weighted by Crippen LogP contribution is -1.99. The Labute approximate surface area is 288 Å². The molecule has 0 saturated carbocycles. The summed E-state index contributed by atoms with van der Waals surface area (Å²) in [6.45, 7) is 7.79. The zero-order valence-electron chi connectivity index (χ0n) is 26.7. The third kappa shape index (κ3) is 4.31. The maximum atomic E-state index is 10.3. The van der Waals surface area contributed by atoms with Crippen LogP contribution in [0.5, 0.6) is 0 Å². The van der Waals surface area contributed by atoms with E-state index in [0.29, 0.717) is 16.8 Å². The van der Waals surface area contributed by atoms with Crippen molar-refractivity contribution in [2.75, 3.05) is 0 Å². The van der Waals surface area contributed by atoms with Gasteiger partial charge < -0.3 is 9.13 Å². The third-order valence-electron chi connectivity index (χ3n) is 9.61. The van der Waals surface area contributed by atoms with Crippen molar-refractivity contribution in [1.29, 1.82) is 10.5 Å². The minimum atomic E-state index is 0.585. The van der Waals surface area contributed by atoms with Gasteiger partial charge in [-0.1, -0.05) is 91.0 Å². The van der Waals surface area contributed by atoms with E-state index in [9.17, 15) is 10.5 Å². The van der Waals surface area contributed by atoms with Crippen LogP contribution in [-0.2, 0) is 0 Å². The van der Waals surface area contributed by atoms with Crippen LogP contribution in [0.2, 0.25) is 0 Å². The van der Waals surface area contributed by atoms with Crippen LogP contribution in [0.3, 0.4) is 0 Å². The molecule has 7 aromatic carbocycles. The minimum absolute atomic E-state index is 0.585. The highest BCUT2D eigenvalue weighted by molar-refractivity contribution is 6.15. The Hall–Kier alpha value is -7.39. The summed E-state index contributed by atoms with van der Waals surface area (Å²) in [6.07, 6.45) is 0. The highest BCUT2D eigenvalue weighted by Crippen LogP contribution is 2.40. The fraction of sp³-hybridized carbons (Fsp3) is 0. The molecule has 0 bridgehead atoms. The van der Waals surface area contributed by atoms with Gasteiger partial charge in [0.25, 0.3) is 0 Å². The Balaban J connectivity index is 1.18. The molecule has 0 aliphatic rings. The van der Waals surface area contributed by atoms with E-state index >= 15 is 0 Å². The molecule has 2 aromatic heterocycles. The van der Waals surface area contributed by atoms with Crippen molar-refractivity contribution in [2.45, 2.75) is 0 Å². The number of fused-ring (bicyclic) bond motifs is 6. The largest absolute Gasteiger partial charge is 0.311 e. The first-order chi connectivity index (χ1) is 24.7. The summed E-state index contributed by atoms with van der Waals surface area (Å²) in [4.78, 5) is 3.83. The molecule has 0 fully saturated rings. The number of nitrogens with zero attached hydrogens (tertiary/aromatic N) is 5. The smallest absolute Gasteiger partial charge is 0.197 e. The van der Waals surface area contributed by atoms with Crippen molar-refractivity contribution < 1.29 is 0 Å². The molecule has 230 valence electrons. The molecule has 9 aromatic rings. The lowest BCUT2D eigenvalue weighted by Gasteiger charge is -2.16. The highest BCUT2D eigenvalue weighted by atomic mass is 15.0. The Morgan fingerprint density at radius 3 is 1.96 bits per heavy atom. The molecule has 0 aliphatic carbocycles. The van der Waals surface area contributed by atoms with Gasteiger partial charge in [0.2, 0.25) is 0 Å². The molecule has 50 heavy (non-hydrogen) atoms. The van der Waals surface area contributed by atoms with E-state index in [2.05, 4.69) is 111 Å². The van der Waals surface area contributed by atoms with E-state index < -0.39 is 0 Å². The number of benzene rings is 7.